The Balaban J connectivity index is 2.22. The van der Waals surface area contributed by atoms with Crippen LogP contribution in [-0.2, 0) is 11.3 Å². The Morgan fingerprint density at radius 1 is 1.32 bits per heavy atom. The molecule has 28 heavy (non-hydrogen) atoms. The second kappa shape index (κ2) is 10.4. The fourth-order valence-electron chi connectivity index (χ4n) is 2.41. The highest BCUT2D eigenvalue weighted by Crippen LogP contribution is 2.37. The highest BCUT2D eigenvalue weighted by Gasteiger charge is 2.15. The third-order valence-corrected chi connectivity index (χ3v) is 4.40. The molecular formula is C22H23ClN2O3. The van der Waals surface area contributed by atoms with E-state index in [-0.39, 0.29) is 11.7 Å². The lowest BCUT2D eigenvalue weighted by molar-refractivity contribution is -0.117. The molecular weight excluding hydrogens is 376 g/mol. The summed E-state index contributed by atoms with van der Waals surface area (Å²) in [6, 6.07) is 14.7. The molecule has 0 aliphatic carbocycles. The van der Waals surface area contributed by atoms with Gasteiger partial charge in [-0.3, -0.25) is 4.79 Å². The zero-order valence-corrected chi connectivity index (χ0v) is 16.9. The molecule has 5 nitrogen and oxygen atoms in total. The molecule has 6 heteroatoms. The van der Waals surface area contributed by atoms with Crippen LogP contribution < -0.4 is 14.8 Å². The number of hydrogen-bond donors (Lipinski definition) is 1. The zero-order chi connectivity index (χ0) is 20.5. The van der Waals surface area contributed by atoms with E-state index in [0.29, 0.717) is 28.6 Å². The minimum Gasteiger partial charge on any atom is -0.493 e. The molecule has 146 valence electrons. The summed E-state index contributed by atoms with van der Waals surface area (Å²) >= 11 is 6.34. The molecule has 1 amide bonds. The van der Waals surface area contributed by atoms with E-state index in [2.05, 4.69) is 5.32 Å². The number of rotatable bonds is 8. The van der Waals surface area contributed by atoms with Crippen LogP contribution in [0, 0.1) is 11.3 Å². The number of carbonyl (C=O) groups is 1. The van der Waals surface area contributed by atoms with Crippen LogP contribution in [0.2, 0.25) is 5.02 Å². The van der Waals surface area contributed by atoms with E-state index >= 15 is 0 Å². The smallest absolute Gasteiger partial charge is 0.262 e. The van der Waals surface area contributed by atoms with Gasteiger partial charge < -0.3 is 14.8 Å². The van der Waals surface area contributed by atoms with Crippen LogP contribution in [0.5, 0.6) is 11.5 Å². The summed E-state index contributed by atoms with van der Waals surface area (Å²) in [5.74, 6) is 0.435. The van der Waals surface area contributed by atoms with Gasteiger partial charge in [-0.25, -0.2) is 0 Å². The Bertz CT molecular complexity index is 889. The Labute approximate surface area is 170 Å². The van der Waals surface area contributed by atoms with Gasteiger partial charge in [-0.1, -0.05) is 48.9 Å². The van der Waals surface area contributed by atoms with Gasteiger partial charge in [0.05, 0.1) is 18.2 Å². The third kappa shape index (κ3) is 5.77. The number of nitrogens with zero attached hydrogens (tertiary/aromatic N) is 1. The van der Waals surface area contributed by atoms with Gasteiger partial charge in [-0.2, -0.15) is 5.26 Å². The second-order valence-electron chi connectivity index (χ2n) is 6.21. The first kappa shape index (κ1) is 21.3. The van der Waals surface area contributed by atoms with Gasteiger partial charge >= 0.3 is 0 Å². The highest BCUT2D eigenvalue weighted by molar-refractivity contribution is 6.32. The Morgan fingerprint density at radius 2 is 2.04 bits per heavy atom. The first-order valence-electron chi connectivity index (χ1n) is 8.96. The summed E-state index contributed by atoms with van der Waals surface area (Å²) in [6.07, 6.45) is 2.27. The molecule has 0 spiro atoms. The van der Waals surface area contributed by atoms with Gasteiger partial charge in [-0.15, -0.1) is 0 Å². The lowest BCUT2D eigenvalue weighted by atomic mass is 10.1. The van der Waals surface area contributed by atoms with Crippen LogP contribution in [0.3, 0.4) is 0 Å². The van der Waals surface area contributed by atoms with Crippen LogP contribution in [0.25, 0.3) is 6.08 Å². The van der Waals surface area contributed by atoms with E-state index in [9.17, 15) is 10.1 Å². The van der Waals surface area contributed by atoms with Crippen molar-refractivity contribution >= 4 is 23.6 Å². The van der Waals surface area contributed by atoms with Gasteiger partial charge in [0.15, 0.2) is 11.5 Å². The molecule has 2 aromatic carbocycles. The average molecular weight is 399 g/mol. The van der Waals surface area contributed by atoms with Crippen molar-refractivity contribution in [1.29, 1.82) is 5.26 Å². The molecule has 0 radical (unpaired) electrons. The van der Waals surface area contributed by atoms with Crippen LogP contribution in [0.15, 0.2) is 48.0 Å². The molecule has 0 fully saturated rings. The quantitative estimate of drug-likeness (QED) is 0.514. The normalized spacial score (nSPS) is 12.0. The van der Waals surface area contributed by atoms with Gasteiger partial charge in [0.1, 0.15) is 11.6 Å². The van der Waals surface area contributed by atoms with Crippen molar-refractivity contribution in [3.8, 4) is 17.6 Å². The fraction of sp³-hybridized carbons (Fsp3) is 0.273. The van der Waals surface area contributed by atoms with Crippen molar-refractivity contribution in [2.45, 2.75) is 32.9 Å². The molecule has 0 heterocycles. The van der Waals surface area contributed by atoms with Gasteiger partial charge in [-0.05, 0) is 42.7 Å². The summed E-state index contributed by atoms with van der Waals surface area (Å²) in [5, 5.41) is 12.5. The maximum absolute atomic E-state index is 12.4. The van der Waals surface area contributed by atoms with Crippen molar-refractivity contribution in [3.05, 3.63) is 64.2 Å². The molecule has 0 saturated heterocycles. The number of ether oxygens (including phenoxy) is 2. The number of hydrogen-bond acceptors (Lipinski definition) is 4. The lowest BCUT2D eigenvalue weighted by Gasteiger charge is -2.17. The molecule has 1 N–H and O–H groups in total. The molecule has 1 unspecified atom stereocenters. The van der Waals surface area contributed by atoms with Crippen LogP contribution in [0.4, 0.5) is 0 Å². The van der Waals surface area contributed by atoms with Crippen LogP contribution in [0.1, 0.15) is 31.4 Å². The first-order valence-corrected chi connectivity index (χ1v) is 9.34. The number of nitrogens with one attached hydrogen (secondary N) is 1. The average Bonchev–Trinajstić information content (AvgIpc) is 2.72. The number of nitriles is 1. The maximum Gasteiger partial charge on any atom is 0.262 e. The van der Waals surface area contributed by atoms with E-state index in [1.807, 2.05) is 50.2 Å². The van der Waals surface area contributed by atoms with E-state index in [4.69, 9.17) is 21.1 Å². The Kier molecular flexibility index (Phi) is 7.91. The Morgan fingerprint density at radius 3 is 2.64 bits per heavy atom. The number of methoxy groups -OCH3 is 1. The van der Waals surface area contributed by atoms with Gasteiger partial charge in [0.25, 0.3) is 5.91 Å². The van der Waals surface area contributed by atoms with Gasteiger partial charge in [0.2, 0.25) is 0 Å². The summed E-state index contributed by atoms with van der Waals surface area (Å²) in [6.45, 7) is 4.29. The summed E-state index contributed by atoms with van der Waals surface area (Å²) in [4.78, 5) is 12.4. The SMILES string of the molecule is CCC(C)Oc1c(Cl)cc(/C=C(/C#N)C(=O)NCc2ccccc2)cc1OC. The predicted octanol–water partition coefficient (Wildman–Crippen LogP) is 4.75. The predicted molar refractivity (Wildman–Crippen MR) is 110 cm³/mol. The van der Waals surface area contributed by atoms with Crippen molar-refractivity contribution in [2.24, 2.45) is 0 Å². The second-order valence-corrected chi connectivity index (χ2v) is 6.62. The molecule has 0 bridgehead atoms. The van der Waals surface area contributed by atoms with Crippen molar-refractivity contribution in [1.82, 2.24) is 5.32 Å². The highest BCUT2D eigenvalue weighted by atomic mass is 35.5. The molecule has 0 saturated carbocycles. The fourth-order valence-corrected chi connectivity index (χ4v) is 2.67. The maximum atomic E-state index is 12.4. The first-order chi connectivity index (χ1) is 13.5. The summed E-state index contributed by atoms with van der Waals surface area (Å²) in [7, 11) is 1.51. The molecule has 0 aliphatic rings. The molecule has 2 aromatic rings. The standard InChI is InChI=1S/C22H23ClN2O3/c1-4-15(2)28-21-19(23)11-17(12-20(21)27-3)10-18(13-24)22(26)25-14-16-8-6-5-7-9-16/h5-12,15H,4,14H2,1-3H3,(H,25,26)/b18-10-. The van der Waals surface area contributed by atoms with E-state index in [0.717, 1.165) is 12.0 Å². The minimum absolute atomic E-state index is 0.0220. The van der Waals surface area contributed by atoms with Crippen LogP contribution in [-0.4, -0.2) is 19.1 Å². The molecule has 1 atom stereocenters. The van der Waals surface area contributed by atoms with E-state index in [1.165, 1.54) is 13.2 Å². The van der Waals surface area contributed by atoms with Crippen molar-refractivity contribution in [3.63, 3.8) is 0 Å². The number of carbonyl (C=O) groups excluding carboxylic acids is 1. The largest absolute Gasteiger partial charge is 0.493 e. The summed E-state index contributed by atoms with van der Waals surface area (Å²) in [5.41, 5.74) is 1.50. The van der Waals surface area contributed by atoms with Crippen molar-refractivity contribution in [2.75, 3.05) is 7.11 Å². The van der Waals surface area contributed by atoms with Gasteiger partial charge in [0, 0.05) is 6.54 Å². The van der Waals surface area contributed by atoms with Crippen molar-refractivity contribution < 1.29 is 14.3 Å². The Hall–Kier alpha value is -2.97. The van der Waals surface area contributed by atoms with E-state index in [1.54, 1.807) is 12.1 Å². The monoisotopic (exact) mass is 398 g/mol. The number of amides is 1. The van der Waals surface area contributed by atoms with Crippen LogP contribution >= 0.6 is 11.6 Å². The lowest BCUT2D eigenvalue weighted by Crippen LogP contribution is -2.23. The molecule has 0 aromatic heterocycles. The number of halogens is 1. The summed E-state index contributed by atoms with van der Waals surface area (Å²) < 4.78 is 11.2. The molecule has 2 rings (SSSR count). The molecule has 0 aliphatic heterocycles. The van der Waals surface area contributed by atoms with E-state index < -0.39 is 5.91 Å². The zero-order valence-electron chi connectivity index (χ0n) is 16.2. The minimum atomic E-state index is -0.457. The number of benzene rings is 2. The topological polar surface area (TPSA) is 71.3 Å². The third-order valence-electron chi connectivity index (χ3n) is 4.12.